The SMILES string of the molecule is Cc1ccc2c(c1)n(C1CCN(C3CCOCC3)CC1)c(=O)n2F.Cl. The zero-order chi connectivity index (χ0) is 16.7. The molecule has 2 aromatic rings. The number of rotatable bonds is 2. The van der Waals surface area contributed by atoms with E-state index in [1.165, 1.54) is 0 Å². The second-order valence-electron chi connectivity index (χ2n) is 7.04. The summed E-state index contributed by atoms with van der Waals surface area (Å²) in [6, 6.07) is 6.13. The highest BCUT2D eigenvalue weighted by Gasteiger charge is 2.29. The van der Waals surface area contributed by atoms with Gasteiger partial charge in [0, 0.05) is 38.4 Å². The molecule has 2 aliphatic rings. The maximum atomic E-state index is 14.2. The molecule has 0 amide bonds. The molecule has 0 spiro atoms. The number of hydrogen-bond acceptors (Lipinski definition) is 3. The molecule has 0 unspecified atom stereocenters. The second-order valence-corrected chi connectivity index (χ2v) is 7.04. The van der Waals surface area contributed by atoms with E-state index in [0.717, 1.165) is 57.6 Å². The molecule has 2 fully saturated rings. The quantitative estimate of drug-likeness (QED) is 0.816. The van der Waals surface area contributed by atoms with Crippen LogP contribution in [0.4, 0.5) is 4.48 Å². The molecule has 138 valence electrons. The van der Waals surface area contributed by atoms with Crippen molar-refractivity contribution in [2.75, 3.05) is 26.3 Å². The maximum absolute atomic E-state index is 14.2. The lowest BCUT2D eigenvalue weighted by molar-refractivity contribution is 0.0219. The van der Waals surface area contributed by atoms with Gasteiger partial charge in [-0.1, -0.05) is 10.5 Å². The molecule has 1 aromatic carbocycles. The zero-order valence-corrected chi connectivity index (χ0v) is 15.3. The summed E-state index contributed by atoms with van der Waals surface area (Å²) < 4.78 is 21.3. The third-order valence-electron chi connectivity index (χ3n) is 5.55. The minimum Gasteiger partial charge on any atom is -0.381 e. The first-order valence-corrected chi connectivity index (χ1v) is 8.86. The Morgan fingerprint density at radius 2 is 1.72 bits per heavy atom. The highest BCUT2D eigenvalue weighted by molar-refractivity contribution is 5.85. The van der Waals surface area contributed by atoms with Gasteiger partial charge in [-0.2, -0.15) is 0 Å². The van der Waals surface area contributed by atoms with Crippen LogP contribution in [-0.4, -0.2) is 46.6 Å². The lowest BCUT2D eigenvalue weighted by Crippen LogP contribution is -2.45. The third kappa shape index (κ3) is 3.35. The average molecular weight is 370 g/mol. The molecule has 5 nitrogen and oxygen atoms in total. The summed E-state index contributed by atoms with van der Waals surface area (Å²) in [6.45, 7) is 5.59. The lowest BCUT2D eigenvalue weighted by atomic mass is 9.99. The highest BCUT2D eigenvalue weighted by Crippen LogP contribution is 2.28. The van der Waals surface area contributed by atoms with Crippen molar-refractivity contribution in [2.45, 2.75) is 44.7 Å². The summed E-state index contributed by atoms with van der Waals surface area (Å²) in [5.41, 5.74) is 1.59. The first-order valence-electron chi connectivity index (χ1n) is 8.86. The molecule has 25 heavy (non-hydrogen) atoms. The Hall–Kier alpha value is -1.37. The van der Waals surface area contributed by atoms with Crippen molar-refractivity contribution in [2.24, 2.45) is 0 Å². The van der Waals surface area contributed by atoms with Crippen LogP contribution in [0.5, 0.6) is 0 Å². The van der Waals surface area contributed by atoms with Crippen LogP contribution in [-0.2, 0) is 4.74 Å². The van der Waals surface area contributed by atoms with Crippen molar-refractivity contribution in [1.29, 1.82) is 0 Å². The van der Waals surface area contributed by atoms with Crippen LogP contribution in [0.25, 0.3) is 11.0 Å². The summed E-state index contributed by atoms with van der Waals surface area (Å²) in [5, 5.41) is 0. The number of halogens is 2. The summed E-state index contributed by atoms with van der Waals surface area (Å²) in [6.07, 6.45) is 3.97. The van der Waals surface area contributed by atoms with Crippen molar-refractivity contribution in [1.82, 2.24) is 14.3 Å². The van der Waals surface area contributed by atoms with Crippen molar-refractivity contribution in [3.63, 3.8) is 0 Å². The number of aromatic nitrogens is 2. The molecule has 2 aliphatic heterocycles. The Bertz CT molecular complexity index is 789. The van der Waals surface area contributed by atoms with E-state index in [2.05, 4.69) is 4.90 Å². The number of imidazole rings is 1. The van der Waals surface area contributed by atoms with Crippen LogP contribution in [0.1, 0.15) is 37.3 Å². The maximum Gasteiger partial charge on any atom is 0.357 e. The van der Waals surface area contributed by atoms with Crippen LogP contribution in [0.15, 0.2) is 23.0 Å². The van der Waals surface area contributed by atoms with Crippen LogP contribution >= 0.6 is 12.4 Å². The summed E-state index contributed by atoms with van der Waals surface area (Å²) in [5.74, 6) is 0. The van der Waals surface area contributed by atoms with Gasteiger partial charge in [0.1, 0.15) is 5.52 Å². The molecule has 7 heteroatoms. The van der Waals surface area contributed by atoms with E-state index in [1.54, 1.807) is 10.6 Å². The Balaban J connectivity index is 0.00000182. The van der Waals surface area contributed by atoms with E-state index in [4.69, 9.17) is 4.74 Å². The van der Waals surface area contributed by atoms with Gasteiger partial charge in [0.15, 0.2) is 0 Å². The lowest BCUT2D eigenvalue weighted by Gasteiger charge is -2.39. The second kappa shape index (κ2) is 7.48. The number of likely N-dealkylation sites (tertiary alicyclic amines) is 1. The number of hydrogen-bond donors (Lipinski definition) is 0. The molecule has 0 saturated carbocycles. The number of piperidine rings is 1. The van der Waals surface area contributed by atoms with Crippen LogP contribution in [0.2, 0.25) is 0 Å². The van der Waals surface area contributed by atoms with E-state index < -0.39 is 5.69 Å². The molecule has 0 bridgehead atoms. The van der Waals surface area contributed by atoms with Gasteiger partial charge in [0.2, 0.25) is 0 Å². The number of nitrogens with zero attached hydrogens (tertiary/aromatic N) is 3. The summed E-state index contributed by atoms with van der Waals surface area (Å²) >= 11 is 0. The Kier molecular flexibility index (Phi) is 5.51. The smallest absolute Gasteiger partial charge is 0.357 e. The van der Waals surface area contributed by atoms with Gasteiger partial charge in [-0.25, -0.2) is 4.79 Å². The molecule has 0 aliphatic carbocycles. The molecular formula is C18H25ClFN3O2. The fraction of sp³-hybridized carbons (Fsp3) is 0.611. The standard InChI is InChI=1S/C18H24FN3O2.ClH/c1-13-2-3-16-17(12-13)21(18(23)22(16)19)15-4-8-20(9-5-15)14-6-10-24-11-7-14;/h2-3,12,14-15H,4-11H2,1H3;1H. The van der Waals surface area contributed by atoms with E-state index in [0.29, 0.717) is 21.9 Å². The normalized spacial score (nSPS) is 20.7. The predicted molar refractivity (Wildman–Crippen MR) is 98.4 cm³/mol. The van der Waals surface area contributed by atoms with E-state index in [-0.39, 0.29) is 18.4 Å². The van der Waals surface area contributed by atoms with E-state index in [1.807, 2.05) is 19.1 Å². The van der Waals surface area contributed by atoms with Crippen LogP contribution in [0, 0.1) is 6.92 Å². The van der Waals surface area contributed by atoms with Gasteiger partial charge >= 0.3 is 5.69 Å². The fourth-order valence-corrected chi connectivity index (χ4v) is 4.21. The van der Waals surface area contributed by atoms with Gasteiger partial charge in [0.05, 0.1) is 5.52 Å². The third-order valence-corrected chi connectivity index (χ3v) is 5.55. The first-order chi connectivity index (χ1) is 11.6. The largest absolute Gasteiger partial charge is 0.381 e. The molecule has 2 saturated heterocycles. The average Bonchev–Trinajstić information content (AvgIpc) is 2.86. The van der Waals surface area contributed by atoms with E-state index in [9.17, 15) is 9.28 Å². The molecule has 1 aromatic heterocycles. The highest BCUT2D eigenvalue weighted by atomic mass is 35.5. The zero-order valence-electron chi connectivity index (χ0n) is 14.5. The Morgan fingerprint density at radius 1 is 1.04 bits per heavy atom. The molecular weight excluding hydrogens is 345 g/mol. The van der Waals surface area contributed by atoms with Crippen LogP contribution < -0.4 is 5.69 Å². The van der Waals surface area contributed by atoms with Gasteiger partial charge in [0.25, 0.3) is 0 Å². The number of benzene rings is 1. The summed E-state index contributed by atoms with van der Waals surface area (Å²) in [4.78, 5) is 15.2. The van der Waals surface area contributed by atoms with Crippen molar-refractivity contribution in [3.05, 3.63) is 34.2 Å². The van der Waals surface area contributed by atoms with Crippen LogP contribution in [0.3, 0.4) is 0 Å². The first kappa shape index (κ1) is 18.4. The summed E-state index contributed by atoms with van der Waals surface area (Å²) in [7, 11) is 0. The molecule has 0 N–H and O–H groups in total. The van der Waals surface area contributed by atoms with E-state index >= 15 is 0 Å². The van der Waals surface area contributed by atoms with Gasteiger partial charge in [-0.3, -0.25) is 4.57 Å². The van der Waals surface area contributed by atoms with Gasteiger partial charge in [-0.05, 0) is 50.3 Å². The van der Waals surface area contributed by atoms with Crippen molar-refractivity contribution >= 4 is 23.4 Å². The Morgan fingerprint density at radius 3 is 2.40 bits per heavy atom. The Labute approximate surface area is 152 Å². The molecule has 3 heterocycles. The minimum atomic E-state index is -0.542. The van der Waals surface area contributed by atoms with Crippen molar-refractivity contribution in [3.8, 4) is 0 Å². The predicted octanol–water partition coefficient (Wildman–Crippen LogP) is 3.08. The van der Waals surface area contributed by atoms with Crippen molar-refractivity contribution < 1.29 is 9.22 Å². The monoisotopic (exact) mass is 369 g/mol. The number of ether oxygens (including phenoxy) is 1. The number of aryl methyl sites for hydroxylation is 1. The molecule has 0 radical (unpaired) electrons. The molecule has 4 rings (SSSR count). The number of fused-ring (bicyclic) bond motifs is 1. The van der Waals surface area contributed by atoms with Gasteiger partial charge < -0.3 is 9.64 Å². The van der Waals surface area contributed by atoms with Gasteiger partial charge in [-0.15, -0.1) is 17.2 Å². The molecule has 0 atom stereocenters. The minimum absolute atomic E-state index is 0. The topological polar surface area (TPSA) is 39.4 Å². The fourth-order valence-electron chi connectivity index (χ4n) is 4.21.